The van der Waals surface area contributed by atoms with Gasteiger partial charge >= 0.3 is 6.09 Å². The molecular weight excluding hydrogens is 702 g/mol. The van der Waals surface area contributed by atoms with Crippen LogP contribution in [0.3, 0.4) is 0 Å². The molecule has 54 heavy (non-hydrogen) atoms. The molecule has 2 saturated heterocycles. The lowest BCUT2D eigenvalue weighted by atomic mass is 9.88. The van der Waals surface area contributed by atoms with Crippen LogP contribution in [0.4, 0.5) is 4.79 Å². The van der Waals surface area contributed by atoms with Crippen molar-refractivity contribution in [1.29, 1.82) is 0 Å². The first-order valence-corrected chi connectivity index (χ1v) is 19.4. The number of aromatic nitrogens is 3. The number of likely N-dealkylation sites (tertiary alicyclic amines) is 2. The number of hydrogen-bond acceptors (Lipinski definition) is 8. The average Bonchev–Trinajstić information content (AvgIpc) is 3.44. The number of piperidine rings is 2. The summed E-state index contributed by atoms with van der Waals surface area (Å²) in [4.78, 5) is 26.8. The van der Waals surface area contributed by atoms with Gasteiger partial charge < -0.3 is 29.1 Å². The van der Waals surface area contributed by atoms with E-state index in [1.165, 1.54) is 27.8 Å². The van der Waals surface area contributed by atoms with Gasteiger partial charge in [0.15, 0.2) is 0 Å². The van der Waals surface area contributed by atoms with E-state index in [-0.39, 0.29) is 24.6 Å². The number of phenols is 1. The standard InChI is InChI=1S/C43H46ClN5O5/c44-34-11-14-37-33(28-34)10-9-32-4-3-19-45-41(32)40(37)31-15-22-48(23-16-31)43(51)53-27-26-52-25-24-47-20-17-36(18-21-47)54-42-46-38-5-1-2-6-39(38)49(42)29-30-7-12-35(50)13-8-30/h1-8,11-14,19,28,36,50H,9-10,15-18,20-27,29H2. The number of imidazole rings is 1. The Kier molecular flexibility index (Phi) is 11.1. The lowest BCUT2D eigenvalue weighted by molar-refractivity contribution is 0.0351. The van der Waals surface area contributed by atoms with E-state index in [1.807, 2.05) is 48.7 Å². The molecule has 0 atom stereocenters. The molecular formula is C43H46ClN5O5. The Morgan fingerprint density at radius 3 is 2.48 bits per heavy atom. The lowest BCUT2D eigenvalue weighted by Gasteiger charge is -2.31. The number of fused-ring (bicyclic) bond motifs is 3. The molecule has 0 spiro atoms. The average molecular weight is 748 g/mol. The summed E-state index contributed by atoms with van der Waals surface area (Å²) < 4.78 is 20.1. The summed E-state index contributed by atoms with van der Waals surface area (Å²) in [6, 6.07) is 26.3. The number of carbonyl (C=O) groups is 1. The number of phenolic OH excluding ortho intramolecular Hbond substituents is 1. The molecule has 2 fully saturated rings. The maximum absolute atomic E-state index is 13.0. The first-order valence-electron chi connectivity index (χ1n) is 19.1. The number of amides is 1. The normalized spacial score (nSPS) is 16.6. The number of ether oxygens (including phenoxy) is 3. The number of pyridine rings is 1. The third kappa shape index (κ3) is 8.26. The minimum Gasteiger partial charge on any atom is -0.508 e. The first kappa shape index (κ1) is 36.1. The molecule has 0 unspecified atom stereocenters. The van der Waals surface area contributed by atoms with Crippen LogP contribution in [0.2, 0.25) is 5.02 Å². The Bertz CT molecular complexity index is 2110. The highest BCUT2D eigenvalue weighted by molar-refractivity contribution is 6.30. The minimum atomic E-state index is -0.284. The molecule has 10 nitrogen and oxygen atoms in total. The molecule has 2 aliphatic heterocycles. The van der Waals surface area contributed by atoms with Gasteiger partial charge in [-0.05, 0) is 103 Å². The highest BCUT2D eigenvalue weighted by Crippen LogP contribution is 2.38. The van der Waals surface area contributed by atoms with Gasteiger partial charge in [-0.2, -0.15) is 4.98 Å². The molecule has 0 radical (unpaired) electrons. The maximum atomic E-state index is 13.0. The number of aryl methyl sites for hydroxylation is 2. The molecule has 5 aromatic rings. The number of benzene rings is 3. The van der Waals surface area contributed by atoms with Crippen LogP contribution >= 0.6 is 11.6 Å². The van der Waals surface area contributed by atoms with Crippen molar-refractivity contribution in [2.75, 3.05) is 52.5 Å². The topological polar surface area (TPSA) is 102 Å². The van der Waals surface area contributed by atoms with E-state index in [0.717, 1.165) is 85.5 Å². The summed E-state index contributed by atoms with van der Waals surface area (Å²) in [5.74, 6) is 0.251. The van der Waals surface area contributed by atoms with Crippen LogP contribution in [-0.4, -0.2) is 94.2 Å². The smallest absolute Gasteiger partial charge is 0.409 e. The van der Waals surface area contributed by atoms with E-state index in [1.54, 1.807) is 17.0 Å². The molecule has 1 amide bonds. The van der Waals surface area contributed by atoms with Gasteiger partial charge in [-0.15, -0.1) is 0 Å². The van der Waals surface area contributed by atoms with Crippen molar-refractivity contribution in [3.63, 3.8) is 0 Å². The maximum Gasteiger partial charge on any atom is 0.409 e. The minimum absolute atomic E-state index is 0.0774. The van der Waals surface area contributed by atoms with E-state index in [2.05, 4.69) is 33.7 Å². The van der Waals surface area contributed by atoms with Crippen molar-refractivity contribution in [1.82, 2.24) is 24.3 Å². The highest BCUT2D eigenvalue weighted by Gasteiger charge is 2.28. The van der Waals surface area contributed by atoms with Crippen LogP contribution in [0.15, 0.2) is 90.6 Å². The third-order valence-electron chi connectivity index (χ3n) is 10.8. The van der Waals surface area contributed by atoms with E-state index < -0.39 is 0 Å². The van der Waals surface area contributed by atoms with E-state index in [4.69, 9.17) is 35.8 Å². The molecule has 1 aliphatic carbocycles. The van der Waals surface area contributed by atoms with E-state index in [0.29, 0.717) is 38.9 Å². The quantitative estimate of drug-likeness (QED) is 0.146. The summed E-state index contributed by atoms with van der Waals surface area (Å²) in [6.45, 7) is 5.65. The number of hydrogen-bond donors (Lipinski definition) is 1. The van der Waals surface area contributed by atoms with Gasteiger partial charge in [0.2, 0.25) is 0 Å². The van der Waals surface area contributed by atoms with Crippen molar-refractivity contribution < 1.29 is 24.1 Å². The van der Waals surface area contributed by atoms with Crippen LogP contribution in [0.5, 0.6) is 11.8 Å². The number of halogens is 1. The van der Waals surface area contributed by atoms with Crippen molar-refractivity contribution in [3.8, 4) is 11.8 Å². The van der Waals surface area contributed by atoms with Crippen molar-refractivity contribution in [2.45, 2.75) is 51.2 Å². The van der Waals surface area contributed by atoms with Crippen LogP contribution in [0.25, 0.3) is 16.6 Å². The Morgan fingerprint density at radius 1 is 0.852 bits per heavy atom. The monoisotopic (exact) mass is 747 g/mol. The number of rotatable bonds is 10. The summed E-state index contributed by atoms with van der Waals surface area (Å²) in [6.07, 6.45) is 6.88. The van der Waals surface area contributed by atoms with Crippen LogP contribution < -0.4 is 4.74 Å². The fourth-order valence-corrected chi connectivity index (χ4v) is 8.09. The molecule has 3 aromatic carbocycles. The number of para-hydroxylation sites is 2. The van der Waals surface area contributed by atoms with Crippen LogP contribution in [0.1, 0.15) is 53.6 Å². The van der Waals surface area contributed by atoms with Crippen LogP contribution in [0, 0.1) is 0 Å². The summed E-state index contributed by atoms with van der Waals surface area (Å²) >= 11 is 6.38. The molecule has 3 aliphatic rings. The first-order chi connectivity index (χ1) is 26.5. The predicted molar refractivity (Wildman–Crippen MR) is 209 cm³/mol. The zero-order valence-corrected chi connectivity index (χ0v) is 31.2. The molecule has 11 heteroatoms. The lowest BCUT2D eigenvalue weighted by Crippen LogP contribution is -2.40. The largest absolute Gasteiger partial charge is 0.508 e. The van der Waals surface area contributed by atoms with Gasteiger partial charge in [0.05, 0.1) is 36.5 Å². The Hall–Kier alpha value is -4.90. The van der Waals surface area contributed by atoms with Crippen molar-refractivity contribution >= 4 is 34.3 Å². The molecule has 1 N–H and O–H groups in total. The zero-order chi connectivity index (χ0) is 36.9. The van der Waals surface area contributed by atoms with Gasteiger partial charge in [-0.25, -0.2) is 4.79 Å². The second-order valence-electron chi connectivity index (χ2n) is 14.3. The van der Waals surface area contributed by atoms with E-state index in [9.17, 15) is 9.90 Å². The number of carbonyl (C=O) groups excluding carboxylic acids is 1. The summed E-state index contributed by atoms with van der Waals surface area (Å²) in [5, 5.41) is 10.5. The summed E-state index contributed by atoms with van der Waals surface area (Å²) in [5.41, 5.74) is 10.3. The molecule has 280 valence electrons. The second kappa shape index (κ2) is 16.6. The van der Waals surface area contributed by atoms with Gasteiger partial charge in [-0.3, -0.25) is 9.55 Å². The molecule has 0 saturated carbocycles. The number of nitrogens with zero attached hydrogens (tertiary/aromatic N) is 5. The Labute approximate surface area is 320 Å². The Balaban J connectivity index is 0.762. The van der Waals surface area contributed by atoms with Gasteiger partial charge in [0, 0.05) is 49.5 Å². The molecule has 2 aromatic heterocycles. The molecule has 0 bridgehead atoms. The fraction of sp³-hybridized carbons (Fsp3) is 0.372. The highest BCUT2D eigenvalue weighted by atomic mass is 35.5. The molecule has 4 heterocycles. The summed E-state index contributed by atoms with van der Waals surface area (Å²) in [7, 11) is 0. The van der Waals surface area contributed by atoms with Crippen molar-refractivity contribution in [2.24, 2.45) is 0 Å². The van der Waals surface area contributed by atoms with Gasteiger partial charge in [-0.1, -0.05) is 53.6 Å². The van der Waals surface area contributed by atoms with Gasteiger partial charge in [0.1, 0.15) is 18.5 Å². The van der Waals surface area contributed by atoms with Crippen molar-refractivity contribution in [3.05, 3.63) is 124 Å². The fourth-order valence-electron chi connectivity index (χ4n) is 7.90. The molecule has 8 rings (SSSR count). The third-order valence-corrected chi connectivity index (χ3v) is 11.1. The van der Waals surface area contributed by atoms with Gasteiger partial charge in [0.25, 0.3) is 6.01 Å². The van der Waals surface area contributed by atoms with E-state index >= 15 is 0 Å². The Morgan fingerprint density at radius 2 is 1.65 bits per heavy atom. The SMILES string of the molecule is O=C(OCCOCCN1CCC(Oc2nc3ccccc3n2Cc2ccc(O)cc2)CC1)N1CCC(=C2c3ccc(Cl)cc3CCc3cccnc32)CC1. The number of aromatic hydroxyl groups is 1. The second-order valence-corrected chi connectivity index (χ2v) is 14.7. The zero-order valence-electron chi connectivity index (χ0n) is 30.5. The predicted octanol–water partition coefficient (Wildman–Crippen LogP) is 7.53. The van der Waals surface area contributed by atoms with Crippen LogP contribution in [-0.2, 0) is 28.9 Å².